The molecule has 1 aliphatic rings. The van der Waals surface area contributed by atoms with E-state index in [1.54, 1.807) is 13.0 Å². The van der Waals surface area contributed by atoms with Crippen molar-refractivity contribution in [3.05, 3.63) is 53.1 Å². The number of hydrogen-bond acceptors (Lipinski definition) is 9. The third-order valence-corrected chi connectivity index (χ3v) is 7.44. The van der Waals surface area contributed by atoms with Crippen LogP contribution in [0.25, 0.3) is 11.1 Å². The fourth-order valence-electron chi connectivity index (χ4n) is 5.61. The highest BCUT2D eigenvalue weighted by atomic mass is 16.5. The molecule has 6 N–H and O–H groups in total. The van der Waals surface area contributed by atoms with Crippen LogP contribution in [0.15, 0.2) is 36.4 Å². The van der Waals surface area contributed by atoms with Gasteiger partial charge < -0.3 is 30.8 Å². The molecule has 0 aromatic heterocycles. The quantitative estimate of drug-likeness (QED) is 0.183. The molecule has 2 aromatic carbocycles. The van der Waals surface area contributed by atoms with Crippen molar-refractivity contribution in [2.45, 2.75) is 52.5 Å². The van der Waals surface area contributed by atoms with E-state index in [1.807, 2.05) is 24.3 Å². The molecule has 0 radical (unpaired) electrons. The summed E-state index contributed by atoms with van der Waals surface area (Å²) in [6.45, 7) is 3.39. The first-order valence-corrected chi connectivity index (χ1v) is 13.8. The van der Waals surface area contributed by atoms with Crippen LogP contribution >= 0.6 is 0 Å². The second-order valence-electron chi connectivity index (χ2n) is 10.4. The van der Waals surface area contributed by atoms with Gasteiger partial charge in [-0.1, -0.05) is 30.3 Å². The van der Waals surface area contributed by atoms with E-state index in [4.69, 9.17) is 4.74 Å². The first-order valence-electron chi connectivity index (χ1n) is 13.8. The third kappa shape index (κ3) is 9.02. The minimum absolute atomic E-state index is 0. The normalized spacial score (nSPS) is 15.8. The van der Waals surface area contributed by atoms with Gasteiger partial charge in [-0.3, -0.25) is 19.2 Å². The van der Waals surface area contributed by atoms with E-state index in [-0.39, 0.29) is 81.6 Å². The zero-order valence-corrected chi connectivity index (χ0v) is 23.7. The van der Waals surface area contributed by atoms with Crippen molar-refractivity contribution < 1.29 is 47.6 Å². The first-order chi connectivity index (χ1) is 19.2. The largest absolute Gasteiger partial charge is 0.507 e. The second-order valence-corrected chi connectivity index (χ2v) is 10.4. The Balaban J connectivity index is 0.00000588. The monoisotopic (exact) mass is 575 g/mol. The predicted octanol–water partition coefficient (Wildman–Crippen LogP) is 2.67. The number of phenols is 1. The number of benzene rings is 2. The third-order valence-electron chi connectivity index (χ3n) is 7.44. The number of Topliss-reactive ketones (excluding diaryl/α,β-unsaturated/α-hetero) is 3. The van der Waals surface area contributed by atoms with E-state index in [0.29, 0.717) is 31.6 Å². The summed E-state index contributed by atoms with van der Waals surface area (Å²) in [7, 11) is 0. The van der Waals surface area contributed by atoms with Gasteiger partial charge in [0.05, 0.1) is 31.7 Å². The number of fused-ring (bicyclic) bond motifs is 1. The number of esters is 1. The van der Waals surface area contributed by atoms with Crippen LogP contribution < -0.4 is 5.32 Å². The number of carbonyl (C=O) groups is 4. The van der Waals surface area contributed by atoms with Crippen LogP contribution in [-0.4, -0.2) is 70.5 Å². The Bertz CT molecular complexity index is 1220. The zero-order valence-electron chi connectivity index (χ0n) is 23.7. The van der Waals surface area contributed by atoms with E-state index < -0.39 is 12.5 Å². The molecular formula is C31H45NO9. The lowest BCUT2D eigenvalue weighted by Crippen LogP contribution is -2.32. The van der Waals surface area contributed by atoms with Crippen LogP contribution in [0.2, 0.25) is 0 Å². The maximum Gasteiger partial charge on any atom is 0.319 e. The van der Waals surface area contributed by atoms with Gasteiger partial charge in [0.2, 0.25) is 0 Å². The Morgan fingerprint density at radius 3 is 2.41 bits per heavy atom. The standard InChI is InChI=1S/C31H39NO8.H2O.2H2/c1-3-40-30(39)17-32-16-20-4-6-22(7-5-20)24-8-9-27(36)31-25(24)14-21(15-29(31)38)13-23(10-11-33)26(18-34)28(37)12-19(2)35;;;/h4-9,21,23,26,32-34,36H,3,10-18H2,1-2H3;1H2;2*1H. The smallest absolute Gasteiger partial charge is 0.319 e. The number of rotatable bonds is 15. The number of hydrogen-bond donors (Lipinski definition) is 4. The zero-order chi connectivity index (χ0) is 29.2. The van der Waals surface area contributed by atoms with Crippen LogP contribution in [0.5, 0.6) is 5.75 Å². The molecule has 0 bridgehead atoms. The summed E-state index contributed by atoms with van der Waals surface area (Å²) in [5.41, 5.74) is 3.69. The molecule has 10 nitrogen and oxygen atoms in total. The number of nitrogens with one attached hydrogen (secondary N) is 1. The van der Waals surface area contributed by atoms with E-state index in [1.165, 1.54) is 13.0 Å². The van der Waals surface area contributed by atoms with Crippen molar-refractivity contribution in [2.75, 3.05) is 26.4 Å². The lowest BCUT2D eigenvalue weighted by Gasteiger charge is -2.31. The number of carbonyl (C=O) groups excluding carboxylic acids is 4. The summed E-state index contributed by atoms with van der Waals surface area (Å²) >= 11 is 0. The van der Waals surface area contributed by atoms with Gasteiger partial charge in [-0.05, 0) is 73.3 Å². The molecule has 10 heteroatoms. The van der Waals surface area contributed by atoms with E-state index >= 15 is 0 Å². The Labute approximate surface area is 243 Å². The molecule has 41 heavy (non-hydrogen) atoms. The molecule has 3 rings (SSSR count). The lowest BCUT2D eigenvalue weighted by molar-refractivity contribution is -0.142. The van der Waals surface area contributed by atoms with Gasteiger partial charge in [-0.25, -0.2) is 0 Å². The van der Waals surface area contributed by atoms with Crippen molar-refractivity contribution in [1.29, 1.82) is 0 Å². The van der Waals surface area contributed by atoms with Gasteiger partial charge in [0.15, 0.2) is 5.78 Å². The van der Waals surface area contributed by atoms with Gasteiger partial charge in [-0.2, -0.15) is 0 Å². The molecule has 2 aromatic rings. The number of ketones is 3. The van der Waals surface area contributed by atoms with Crippen LogP contribution in [0.3, 0.4) is 0 Å². The van der Waals surface area contributed by atoms with Gasteiger partial charge in [0.1, 0.15) is 17.3 Å². The average molecular weight is 576 g/mol. The first kappa shape index (κ1) is 33.8. The molecule has 0 amide bonds. The van der Waals surface area contributed by atoms with E-state index in [9.17, 15) is 34.5 Å². The van der Waals surface area contributed by atoms with Crippen LogP contribution in [-0.2, 0) is 32.1 Å². The van der Waals surface area contributed by atoms with Crippen molar-refractivity contribution in [3.63, 3.8) is 0 Å². The molecule has 0 aliphatic heterocycles. The number of aliphatic hydroxyl groups excluding tert-OH is 2. The summed E-state index contributed by atoms with van der Waals surface area (Å²) in [6.07, 6.45) is 1.07. The summed E-state index contributed by atoms with van der Waals surface area (Å²) in [5.74, 6) is -2.56. The average Bonchev–Trinajstić information content (AvgIpc) is 2.89. The molecule has 228 valence electrons. The molecule has 0 saturated heterocycles. The van der Waals surface area contributed by atoms with Crippen LogP contribution in [0, 0.1) is 17.8 Å². The van der Waals surface area contributed by atoms with Crippen LogP contribution in [0.4, 0.5) is 0 Å². The molecular weight excluding hydrogens is 530 g/mol. The topological polar surface area (TPSA) is 182 Å². The summed E-state index contributed by atoms with van der Waals surface area (Å²) < 4.78 is 4.92. The summed E-state index contributed by atoms with van der Waals surface area (Å²) in [6, 6.07) is 11.0. The van der Waals surface area contributed by atoms with Crippen LogP contribution in [0.1, 0.15) is 63.9 Å². The molecule has 0 fully saturated rings. The van der Waals surface area contributed by atoms with Gasteiger partial charge in [-0.15, -0.1) is 0 Å². The molecule has 0 heterocycles. The maximum atomic E-state index is 13.2. The summed E-state index contributed by atoms with van der Waals surface area (Å²) in [5, 5.41) is 33.2. The van der Waals surface area contributed by atoms with Gasteiger partial charge in [0, 0.05) is 28.3 Å². The lowest BCUT2D eigenvalue weighted by atomic mass is 9.72. The molecule has 3 atom stereocenters. The Morgan fingerprint density at radius 1 is 1.10 bits per heavy atom. The Morgan fingerprint density at radius 2 is 1.80 bits per heavy atom. The van der Waals surface area contributed by atoms with Crippen molar-refractivity contribution >= 4 is 23.3 Å². The number of ether oxygens (including phenoxy) is 1. The highest BCUT2D eigenvalue weighted by molar-refractivity contribution is 6.03. The van der Waals surface area contributed by atoms with Crippen molar-refractivity contribution in [1.82, 2.24) is 5.32 Å². The number of aliphatic hydroxyl groups is 2. The van der Waals surface area contributed by atoms with E-state index in [0.717, 1.165) is 22.3 Å². The Kier molecular flexibility index (Phi) is 13.3. The second kappa shape index (κ2) is 16.1. The summed E-state index contributed by atoms with van der Waals surface area (Å²) in [4.78, 5) is 48.9. The van der Waals surface area contributed by atoms with Gasteiger partial charge >= 0.3 is 5.97 Å². The minimum Gasteiger partial charge on any atom is -0.507 e. The SMILES string of the molecule is CCOC(=O)CNCc1ccc(-c2ccc(O)c3c2CC(CC(CCO)C(CO)C(=O)CC(C)=O)CC3=O)cc1.O.[HH].[HH]. The molecule has 0 spiro atoms. The molecule has 3 unspecified atom stereocenters. The van der Waals surface area contributed by atoms with Gasteiger partial charge in [0.25, 0.3) is 0 Å². The highest BCUT2D eigenvalue weighted by Gasteiger charge is 2.35. The fourth-order valence-corrected chi connectivity index (χ4v) is 5.61. The molecule has 0 saturated carbocycles. The number of aromatic hydroxyl groups is 1. The maximum absolute atomic E-state index is 13.2. The molecule has 1 aliphatic carbocycles. The fraction of sp³-hybridized carbons (Fsp3) is 0.484. The van der Waals surface area contributed by atoms with Crippen molar-refractivity contribution in [3.8, 4) is 16.9 Å². The highest BCUT2D eigenvalue weighted by Crippen LogP contribution is 2.41. The number of phenolic OH excluding ortho intramolecular Hbond substituents is 1. The van der Waals surface area contributed by atoms with E-state index in [2.05, 4.69) is 5.32 Å². The minimum atomic E-state index is -0.791. The predicted molar refractivity (Wildman–Crippen MR) is 157 cm³/mol. The van der Waals surface area contributed by atoms with Crippen molar-refractivity contribution in [2.24, 2.45) is 17.8 Å². The Hall–Kier alpha value is -3.44.